The lowest BCUT2D eigenvalue weighted by Gasteiger charge is -2.35. The average Bonchev–Trinajstić information content (AvgIpc) is 2.79. The van der Waals surface area contributed by atoms with Crippen LogP contribution in [0.25, 0.3) is 11.1 Å². The average molecular weight is 439 g/mol. The maximum absolute atomic E-state index is 13.8. The van der Waals surface area contributed by atoms with Crippen LogP contribution in [0.15, 0.2) is 54.9 Å². The minimum atomic E-state index is -0.431. The second-order valence-electron chi connectivity index (χ2n) is 7.75. The number of aromatic nitrogens is 1. The molecule has 3 aromatic rings. The summed E-state index contributed by atoms with van der Waals surface area (Å²) in [4.78, 5) is 21.7. The van der Waals surface area contributed by atoms with E-state index in [0.29, 0.717) is 5.69 Å². The zero-order valence-electron chi connectivity index (χ0n) is 17.5. The second kappa shape index (κ2) is 9.04. The van der Waals surface area contributed by atoms with Crippen molar-refractivity contribution in [2.75, 3.05) is 43.4 Å². The molecule has 1 aliphatic rings. The fraction of sp³-hybridized carbons (Fsp3) is 0.250. The smallest absolute Gasteiger partial charge is 0.257 e. The number of nitrogens with one attached hydrogen (secondary N) is 1. The lowest BCUT2D eigenvalue weighted by molar-refractivity contribution is 0.102. The fourth-order valence-corrected chi connectivity index (χ4v) is 3.95. The molecule has 1 N–H and O–H groups in total. The highest BCUT2D eigenvalue weighted by molar-refractivity contribution is 6.35. The molecular weight excluding hydrogens is 415 g/mol. The molecule has 0 aliphatic carbocycles. The van der Waals surface area contributed by atoms with Gasteiger partial charge in [0.1, 0.15) is 5.82 Å². The molecule has 5 nitrogen and oxygen atoms in total. The summed E-state index contributed by atoms with van der Waals surface area (Å²) in [6.45, 7) is 5.19. The molecule has 4 rings (SSSR count). The van der Waals surface area contributed by atoms with Crippen LogP contribution in [0.5, 0.6) is 0 Å². The van der Waals surface area contributed by atoms with E-state index in [2.05, 4.69) is 27.1 Å². The van der Waals surface area contributed by atoms with Gasteiger partial charge in [0.25, 0.3) is 5.91 Å². The van der Waals surface area contributed by atoms with Crippen molar-refractivity contribution in [1.29, 1.82) is 0 Å². The molecular formula is C24H24ClFN4O. The molecule has 0 spiro atoms. The Morgan fingerprint density at radius 2 is 1.74 bits per heavy atom. The van der Waals surface area contributed by atoms with Gasteiger partial charge in [0.2, 0.25) is 0 Å². The summed E-state index contributed by atoms with van der Waals surface area (Å²) in [7, 11) is 2.10. The molecule has 0 saturated carbocycles. The monoisotopic (exact) mass is 438 g/mol. The van der Waals surface area contributed by atoms with E-state index in [4.69, 9.17) is 11.6 Å². The number of carbonyl (C=O) groups is 1. The summed E-state index contributed by atoms with van der Waals surface area (Å²) in [6, 6.07) is 12.6. The number of rotatable bonds is 4. The third kappa shape index (κ3) is 4.55. The lowest BCUT2D eigenvalue weighted by Crippen LogP contribution is -2.44. The van der Waals surface area contributed by atoms with Gasteiger partial charge in [-0.2, -0.15) is 0 Å². The Labute approximate surface area is 186 Å². The standard InChI is InChI=1S/C24H24ClFN4O/c1-16-20(26)5-4-19(23(16)25)24(31)28-21-15-18(17-7-9-27-10-8-17)3-6-22(21)30-13-11-29(2)12-14-30/h3-10,15H,11-14H2,1-2H3,(H,28,31). The SMILES string of the molecule is Cc1c(F)ccc(C(=O)Nc2cc(-c3ccncc3)ccc2N2CCN(C)CC2)c1Cl. The summed E-state index contributed by atoms with van der Waals surface area (Å²) >= 11 is 6.27. The maximum Gasteiger partial charge on any atom is 0.257 e. The number of pyridine rings is 1. The molecule has 0 atom stereocenters. The number of amides is 1. The van der Waals surface area contributed by atoms with Crippen molar-refractivity contribution in [3.05, 3.63) is 76.8 Å². The Morgan fingerprint density at radius 1 is 1.03 bits per heavy atom. The highest BCUT2D eigenvalue weighted by Crippen LogP contribution is 2.33. The van der Waals surface area contributed by atoms with Gasteiger partial charge in [-0.25, -0.2) is 4.39 Å². The number of carbonyl (C=O) groups excluding carboxylic acids is 1. The molecule has 0 bridgehead atoms. The minimum absolute atomic E-state index is 0.129. The van der Waals surface area contributed by atoms with Crippen molar-refractivity contribution in [2.45, 2.75) is 6.92 Å². The highest BCUT2D eigenvalue weighted by Gasteiger charge is 2.21. The highest BCUT2D eigenvalue weighted by atomic mass is 35.5. The number of nitrogens with zero attached hydrogens (tertiary/aromatic N) is 3. The quantitative estimate of drug-likeness (QED) is 0.632. The molecule has 7 heteroatoms. The molecule has 0 unspecified atom stereocenters. The molecule has 1 saturated heterocycles. The molecule has 1 fully saturated rings. The van der Waals surface area contributed by atoms with Crippen molar-refractivity contribution < 1.29 is 9.18 Å². The van der Waals surface area contributed by atoms with E-state index in [1.54, 1.807) is 19.3 Å². The number of anilines is 2. The Hall–Kier alpha value is -2.96. The van der Waals surface area contributed by atoms with Gasteiger partial charge in [0.15, 0.2) is 0 Å². The van der Waals surface area contributed by atoms with Gasteiger partial charge in [-0.3, -0.25) is 9.78 Å². The van der Waals surface area contributed by atoms with E-state index in [1.807, 2.05) is 30.3 Å². The maximum atomic E-state index is 13.8. The molecule has 2 aromatic carbocycles. The minimum Gasteiger partial charge on any atom is -0.367 e. The number of hydrogen-bond acceptors (Lipinski definition) is 4. The zero-order valence-corrected chi connectivity index (χ0v) is 18.3. The predicted molar refractivity (Wildman–Crippen MR) is 123 cm³/mol. The van der Waals surface area contributed by atoms with Crippen LogP contribution in [0.2, 0.25) is 5.02 Å². The topological polar surface area (TPSA) is 48.5 Å². The van der Waals surface area contributed by atoms with Crippen LogP contribution in [0, 0.1) is 12.7 Å². The summed E-state index contributed by atoms with van der Waals surface area (Å²) in [5.41, 5.74) is 4.14. The van der Waals surface area contributed by atoms with Gasteiger partial charge in [0.05, 0.1) is 22.0 Å². The summed E-state index contributed by atoms with van der Waals surface area (Å²) in [5, 5.41) is 3.14. The van der Waals surface area contributed by atoms with E-state index >= 15 is 0 Å². The van der Waals surface area contributed by atoms with Crippen molar-refractivity contribution in [2.24, 2.45) is 0 Å². The normalized spacial score (nSPS) is 14.5. The van der Waals surface area contributed by atoms with E-state index in [1.165, 1.54) is 12.1 Å². The third-order valence-electron chi connectivity index (χ3n) is 5.67. The largest absolute Gasteiger partial charge is 0.367 e. The molecule has 31 heavy (non-hydrogen) atoms. The molecule has 1 amide bonds. The van der Waals surface area contributed by atoms with Crippen LogP contribution in [0.3, 0.4) is 0 Å². The van der Waals surface area contributed by atoms with Crippen molar-refractivity contribution >= 4 is 28.9 Å². The van der Waals surface area contributed by atoms with Crippen LogP contribution in [-0.2, 0) is 0 Å². The van der Waals surface area contributed by atoms with Crippen LogP contribution in [-0.4, -0.2) is 49.0 Å². The first-order valence-electron chi connectivity index (χ1n) is 10.2. The summed E-state index contributed by atoms with van der Waals surface area (Å²) < 4.78 is 13.8. The van der Waals surface area contributed by atoms with Gasteiger partial charge in [-0.1, -0.05) is 17.7 Å². The van der Waals surface area contributed by atoms with E-state index in [9.17, 15) is 9.18 Å². The van der Waals surface area contributed by atoms with E-state index in [0.717, 1.165) is 43.0 Å². The van der Waals surface area contributed by atoms with Crippen LogP contribution < -0.4 is 10.2 Å². The fourth-order valence-electron chi connectivity index (χ4n) is 3.71. The van der Waals surface area contributed by atoms with Crippen molar-refractivity contribution in [1.82, 2.24) is 9.88 Å². The third-order valence-corrected chi connectivity index (χ3v) is 6.15. The predicted octanol–water partition coefficient (Wildman–Crippen LogP) is 4.85. The second-order valence-corrected chi connectivity index (χ2v) is 8.12. The van der Waals surface area contributed by atoms with Gasteiger partial charge in [-0.15, -0.1) is 0 Å². The van der Waals surface area contributed by atoms with Crippen molar-refractivity contribution in [3.8, 4) is 11.1 Å². The first kappa shape index (κ1) is 21.3. The van der Waals surface area contributed by atoms with Gasteiger partial charge in [0, 0.05) is 44.1 Å². The van der Waals surface area contributed by atoms with Crippen LogP contribution in [0.1, 0.15) is 15.9 Å². The van der Waals surface area contributed by atoms with Crippen LogP contribution in [0.4, 0.5) is 15.8 Å². The Bertz CT molecular complexity index is 1100. The Balaban J connectivity index is 1.71. The summed E-state index contributed by atoms with van der Waals surface area (Å²) in [6.07, 6.45) is 3.48. The van der Waals surface area contributed by atoms with Gasteiger partial charge in [-0.05, 0) is 61.5 Å². The number of likely N-dealkylation sites (N-methyl/N-ethyl adjacent to an activating group) is 1. The van der Waals surface area contributed by atoms with Gasteiger partial charge >= 0.3 is 0 Å². The van der Waals surface area contributed by atoms with Crippen molar-refractivity contribution in [3.63, 3.8) is 0 Å². The number of benzene rings is 2. The Kier molecular flexibility index (Phi) is 6.20. The molecule has 2 heterocycles. The first-order chi connectivity index (χ1) is 14.9. The Morgan fingerprint density at radius 3 is 2.45 bits per heavy atom. The van der Waals surface area contributed by atoms with E-state index < -0.39 is 5.82 Å². The number of piperazine rings is 1. The molecule has 1 aromatic heterocycles. The van der Waals surface area contributed by atoms with Gasteiger partial charge < -0.3 is 15.1 Å². The molecule has 0 radical (unpaired) electrons. The number of halogens is 2. The van der Waals surface area contributed by atoms with E-state index in [-0.39, 0.29) is 22.1 Å². The molecule has 1 aliphatic heterocycles. The summed E-state index contributed by atoms with van der Waals surface area (Å²) in [5.74, 6) is -0.797. The lowest BCUT2D eigenvalue weighted by atomic mass is 10.0. The van der Waals surface area contributed by atoms with Crippen LogP contribution >= 0.6 is 11.6 Å². The molecule has 160 valence electrons. The number of hydrogen-bond donors (Lipinski definition) is 1. The zero-order chi connectivity index (χ0) is 22.0. The first-order valence-corrected chi connectivity index (χ1v) is 10.6.